The molecule has 0 heterocycles. The molecule has 0 aliphatic carbocycles. The first-order valence-electron chi connectivity index (χ1n) is 8.93. The highest BCUT2D eigenvalue weighted by molar-refractivity contribution is 6.17. The van der Waals surface area contributed by atoms with Crippen molar-refractivity contribution in [2.24, 2.45) is 0 Å². The number of alkyl halides is 1. The van der Waals surface area contributed by atoms with E-state index in [1.807, 2.05) is 0 Å². The first kappa shape index (κ1) is 21.5. The molecule has 0 unspecified atom stereocenters. The highest BCUT2D eigenvalue weighted by atomic mass is 35.5. The molecule has 3 N–H and O–H groups in total. The quantitative estimate of drug-likeness (QED) is 0.316. The molecular weight excluding hydrogens is 290 g/mol. The summed E-state index contributed by atoms with van der Waals surface area (Å²) in [6.45, 7) is 4.49. The summed E-state index contributed by atoms with van der Waals surface area (Å²) >= 11 is 5.97. The molecule has 0 bridgehead atoms. The van der Waals surface area contributed by atoms with Gasteiger partial charge in [-0.15, -0.1) is 11.6 Å². The van der Waals surface area contributed by atoms with E-state index in [1.54, 1.807) is 0 Å². The van der Waals surface area contributed by atoms with E-state index in [2.05, 4.69) is 32.0 Å². The summed E-state index contributed by atoms with van der Waals surface area (Å²) < 4.78 is 0. The van der Waals surface area contributed by atoms with Gasteiger partial charge >= 0.3 is 0 Å². The normalized spacial score (nSPS) is 10.5. The van der Waals surface area contributed by atoms with E-state index in [0.29, 0.717) is 5.88 Å². The molecule has 0 amide bonds. The van der Waals surface area contributed by atoms with Crippen LogP contribution < -0.4 is 6.15 Å². The molecule has 0 fully saturated rings. The summed E-state index contributed by atoms with van der Waals surface area (Å²) in [5, 5.41) is 0. The van der Waals surface area contributed by atoms with Crippen LogP contribution in [0, 0.1) is 6.92 Å². The number of rotatable bonds is 12. The van der Waals surface area contributed by atoms with Crippen molar-refractivity contribution in [3.8, 4) is 0 Å². The van der Waals surface area contributed by atoms with Crippen LogP contribution in [0.15, 0.2) is 18.2 Å². The van der Waals surface area contributed by atoms with E-state index in [0.717, 1.165) is 0 Å². The van der Waals surface area contributed by atoms with Crippen molar-refractivity contribution >= 4 is 11.6 Å². The van der Waals surface area contributed by atoms with Crippen LogP contribution in [-0.4, -0.2) is 0 Å². The summed E-state index contributed by atoms with van der Waals surface area (Å²) in [5.74, 6) is 0.637. The summed E-state index contributed by atoms with van der Waals surface area (Å²) in [6.07, 6.45) is 15.3. The van der Waals surface area contributed by atoms with Crippen LogP contribution in [0.4, 0.5) is 0 Å². The Morgan fingerprint density at radius 3 is 1.82 bits per heavy atom. The second-order valence-corrected chi connectivity index (χ2v) is 6.53. The van der Waals surface area contributed by atoms with Crippen LogP contribution >= 0.6 is 11.6 Å². The van der Waals surface area contributed by atoms with Gasteiger partial charge in [-0.1, -0.05) is 82.9 Å². The number of hydrogen-bond donors (Lipinski definition) is 1. The molecule has 0 saturated heterocycles. The van der Waals surface area contributed by atoms with Crippen LogP contribution in [0.3, 0.4) is 0 Å². The predicted octanol–water partition coefficient (Wildman–Crippen LogP) is 7.36. The van der Waals surface area contributed by atoms with E-state index in [9.17, 15) is 0 Å². The Kier molecular flexibility index (Phi) is 13.7. The largest absolute Gasteiger partial charge is 0.344 e. The van der Waals surface area contributed by atoms with Gasteiger partial charge in [-0.05, 0) is 36.5 Å². The molecule has 1 aromatic rings. The van der Waals surface area contributed by atoms with Crippen LogP contribution in [0.1, 0.15) is 87.8 Å². The third kappa shape index (κ3) is 8.80. The van der Waals surface area contributed by atoms with Crippen molar-refractivity contribution < 1.29 is 0 Å². The van der Waals surface area contributed by atoms with E-state index in [1.165, 1.54) is 87.3 Å². The fourth-order valence-electron chi connectivity index (χ4n) is 2.96. The molecule has 128 valence electrons. The SMILES string of the molecule is CCCCCCCCCCCCc1cccc(CCl)c1C.N. The Labute approximate surface area is 143 Å². The number of hydrogen-bond acceptors (Lipinski definition) is 1. The van der Waals surface area contributed by atoms with Crippen LogP contribution in [0.5, 0.6) is 0 Å². The lowest BCUT2D eigenvalue weighted by atomic mass is 9.98. The van der Waals surface area contributed by atoms with Crippen LogP contribution in [0.25, 0.3) is 0 Å². The second-order valence-electron chi connectivity index (χ2n) is 6.27. The number of unbranched alkanes of at least 4 members (excludes halogenated alkanes) is 9. The molecule has 0 spiro atoms. The van der Waals surface area contributed by atoms with Gasteiger partial charge in [0, 0.05) is 5.88 Å². The lowest BCUT2D eigenvalue weighted by Crippen LogP contribution is -1.94. The fourth-order valence-corrected chi connectivity index (χ4v) is 3.24. The van der Waals surface area contributed by atoms with Crippen LogP contribution in [-0.2, 0) is 12.3 Å². The zero-order valence-electron chi connectivity index (χ0n) is 14.8. The maximum absolute atomic E-state index is 5.97. The Morgan fingerprint density at radius 2 is 1.27 bits per heavy atom. The number of aryl methyl sites for hydroxylation is 1. The minimum Gasteiger partial charge on any atom is -0.344 e. The maximum Gasteiger partial charge on any atom is 0.0476 e. The monoisotopic (exact) mass is 325 g/mol. The number of benzene rings is 1. The molecule has 1 aromatic carbocycles. The number of halogens is 1. The van der Waals surface area contributed by atoms with Crippen molar-refractivity contribution in [3.63, 3.8) is 0 Å². The van der Waals surface area contributed by atoms with E-state index in [-0.39, 0.29) is 6.15 Å². The highest BCUT2D eigenvalue weighted by Crippen LogP contribution is 2.18. The van der Waals surface area contributed by atoms with E-state index in [4.69, 9.17) is 11.6 Å². The third-order valence-corrected chi connectivity index (χ3v) is 4.79. The van der Waals surface area contributed by atoms with Gasteiger partial charge in [0.25, 0.3) is 0 Å². The molecule has 2 heteroatoms. The Balaban J connectivity index is 0.00000441. The molecule has 22 heavy (non-hydrogen) atoms. The van der Waals surface area contributed by atoms with Gasteiger partial charge in [0.1, 0.15) is 0 Å². The van der Waals surface area contributed by atoms with Gasteiger partial charge in [-0.25, -0.2) is 0 Å². The molecule has 0 atom stereocenters. The molecule has 0 aliphatic rings. The van der Waals surface area contributed by atoms with Gasteiger partial charge < -0.3 is 6.15 Å². The smallest absolute Gasteiger partial charge is 0.0476 e. The van der Waals surface area contributed by atoms with Crippen LogP contribution in [0.2, 0.25) is 0 Å². The minimum absolute atomic E-state index is 0. The molecule has 1 nitrogen and oxygen atoms in total. The molecule has 0 aliphatic heterocycles. The minimum atomic E-state index is 0. The second kappa shape index (κ2) is 14.1. The summed E-state index contributed by atoms with van der Waals surface area (Å²) in [7, 11) is 0. The van der Waals surface area contributed by atoms with Gasteiger partial charge in [-0.2, -0.15) is 0 Å². The Bertz CT molecular complexity index is 376. The fraction of sp³-hybridized carbons (Fsp3) is 0.700. The van der Waals surface area contributed by atoms with Gasteiger partial charge in [0.2, 0.25) is 0 Å². The average molecular weight is 326 g/mol. The van der Waals surface area contributed by atoms with Gasteiger partial charge in [0.05, 0.1) is 0 Å². The van der Waals surface area contributed by atoms with Crippen molar-refractivity contribution in [1.82, 2.24) is 6.15 Å². The lowest BCUT2D eigenvalue weighted by molar-refractivity contribution is 0.556. The summed E-state index contributed by atoms with van der Waals surface area (Å²) in [5.41, 5.74) is 4.19. The lowest BCUT2D eigenvalue weighted by Gasteiger charge is -2.09. The molecule has 0 radical (unpaired) electrons. The van der Waals surface area contributed by atoms with Gasteiger partial charge in [0.15, 0.2) is 0 Å². The molecule has 1 rings (SSSR count). The van der Waals surface area contributed by atoms with Crippen molar-refractivity contribution in [1.29, 1.82) is 0 Å². The molecule has 0 aromatic heterocycles. The zero-order chi connectivity index (χ0) is 15.3. The van der Waals surface area contributed by atoms with Crippen molar-refractivity contribution in [2.75, 3.05) is 0 Å². The summed E-state index contributed by atoms with van der Waals surface area (Å²) in [6, 6.07) is 6.56. The third-order valence-electron chi connectivity index (χ3n) is 4.50. The Hall–Kier alpha value is -0.530. The topological polar surface area (TPSA) is 35.0 Å². The van der Waals surface area contributed by atoms with E-state index >= 15 is 0 Å². The first-order chi connectivity index (χ1) is 10.3. The first-order valence-corrected chi connectivity index (χ1v) is 9.46. The predicted molar refractivity (Wildman–Crippen MR) is 101 cm³/mol. The standard InChI is InChI=1S/C20H33Cl.H3N/c1-3-4-5-6-7-8-9-10-11-12-14-19-15-13-16-20(17-21)18(19)2;/h13,15-16H,3-12,14,17H2,1-2H3;1H3. The summed E-state index contributed by atoms with van der Waals surface area (Å²) in [4.78, 5) is 0. The molecular formula is C20H36ClN. The van der Waals surface area contributed by atoms with Crippen molar-refractivity contribution in [2.45, 2.75) is 90.4 Å². The zero-order valence-corrected chi connectivity index (χ0v) is 15.6. The maximum atomic E-state index is 5.97. The van der Waals surface area contributed by atoms with Crippen molar-refractivity contribution in [3.05, 3.63) is 34.9 Å². The Morgan fingerprint density at radius 1 is 0.773 bits per heavy atom. The average Bonchev–Trinajstić information content (AvgIpc) is 2.50. The van der Waals surface area contributed by atoms with E-state index < -0.39 is 0 Å². The highest BCUT2D eigenvalue weighted by Gasteiger charge is 2.02. The van der Waals surface area contributed by atoms with Gasteiger partial charge in [-0.3, -0.25) is 0 Å². The molecule has 0 saturated carbocycles.